The summed E-state index contributed by atoms with van der Waals surface area (Å²) < 4.78 is 30.6. The molecule has 0 atom stereocenters. The van der Waals surface area contributed by atoms with Crippen molar-refractivity contribution in [2.75, 3.05) is 0 Å². The number of thiophene rings is 2. The van der Waals surface area contributed by atoms with Gasteiger partial charge in [0.05, 0.1) is 0 Å². The van der Waals surface area contributed by atoms with Gasteiger partial charge in [0.1, 0.15) is 5.76 Å². The second-order valence-corrected chi connectivity index (χ2v) is 8.26. The summed E-state index contributed by atoms with van der Waals surface area (Å²) >= 11 is 3.20. The first-order chi connectivity index (χ1) is 14.6. The van der Waals surface area contributed by atoms with E-state index in [0.29, 0.717) is 11.1 Å². The van der Waals surface area contributed by atoms with Crippen LogP contribution in [0.1, 0.15) is 15.9 Å². The van der Waals surface area contributed by atoms with E-state index in [2.05, 4.69) is 4.65 Å². The molecule has 0 N–H and O–H groups in total. The molecule has 0 saturated heterocycles. The van der Waals surface area contributed by atoms with Crippen LogP contribution in [0.2, 0.25) is 0 Å². The number of benzene rings is 2. The van der Waals surface area contributed by atoms with Crippen molar-refractivity contribution in [3.05, 3.63) is 101 Å². The molecule has 0 fully saturated rings. The highest BCUT2D eigenvalue weighted by Crippen LogP contribution is 2.28. The molecule has 0 amide bonds. The molecule has 7 heteroatoms. The largest absolute Gasteiger partial charge is 0.796 e. The van der Waals surface area contributed by atoms with Crippen LogP contribution in [0.25, 0.3) is 26.6 Å². The van der Waals surface area contributed by atoms with E-state index in [1.165, 1.54) is 0 Å². The first-order valence-corrected chi connectivity index (χ1v) is 10.9. The maximum Gasteiger partial charge on any atom is 0.796 e. The van der Waals surface area contributed by atoms with Crippen LogP contribution in [0.5, 0.6) is 0 Å². The third-order valence-corrected chi connectivity index (χ3v) is 6.27. The van der Waals surface area contributed by atoms with Crippen molar-refractivity contribution in [3.8, 4) is 20.9 Å². The first kappa shape index (κ1) is 20.3. The number of halogens is 2. The van der Waals surface area contributed by atoms with Gasteiger partial charge in [-0.15, -0.1) is 22.7 Å². The summed E-state index contributed by atoms with van der Waals surface area (Å²) in [5.41, 5.74) is 2.79. The van der Waals surface area contributed by atoms with Crippen molar-refractivity contribution in [1.29, 1.82) is 0 Å². The average Bonchev–Trinajstić information content (AvgIpc) is 3.47. The fraction of sp³-hybridized carbons (Fsp3) is 0. The van der Waals surface area contributed by atoms with Crippen molar-refractivity contribution in [3.63, 3.8) is 0 Å². The molecule has 148 valence electrons. The highest BCUT2D eigenvalue weighted by Gasteiger charge is 2.21. The highest BCUT2D eigenvalue weighted by atomic mass is 32.1. The zero-order valence-corrected chi connectivity index (χ0v) is 17.3. The Morgan fingerprint density at radius 1 is 0.767 bits per heavy atom. The van der Waals surface area contributed by atoms with Crippen LogP contribution in [-0.2, 0) is 4.65 Å². The summed E-state index contributed by atoms with van der Waals surface area (Å²) in [4.78, 5) is 14.8. The van der Waals surface area contributed by atoms with Crippen LogP contribution in [0.15, 0.2) is 89.6 Å². The quantitative estimate of drug-likeness (QED) is 0.131. The Labute approximate surface area is 181 Å². The number of carbonyl (C=O) groups excluding carboxylic acids is 1. The molecule has 4 aromatic rings. The van der Waals surface area contributed by atoms with E-state index < -0.39 is 13.3 Å². The van der Waals surface area contributed by atoms with Crippen LogP contribution in [-0.4, -0.2) is 13.3 Å². The Morgan fingerprint density at radius 3 is 1.70 bits per heavy atom. The van der Waals surface area contributed by atoms with Gasteiger partial charge in [-0.25, -0.2) is 8.63 Å². The summed E-state index contributed by atoms with van der Waals surface area (Å²) in [7, 11) is -3.03. The Kier molecular flexibility index (Phi) is 6.21. The lowest BCUT2D eigenvalue weighted by Gasteiger charge is -2.10. The van der Waals surface area contributed by atoms with E-state index in [9.17, 15) is 13.4 Å². The topological polar surface area (TPSA) is 26.3 Å². The predicted molar refractivity (Wildman–Crippen MR) is 121 cm³/mol. The Balaban J connectivity index is 1.59. The number of carbonyl (C=O) groups is 1. The fourth-order valence-corrected chi connectivity index (χ4v) is 4.43. The molecule has 0 aliphatic carbocycles. The lowest BCUT2D eigenvalue weighted by atomic mass is 10.0. The lowest BCUT2D eigenvalue weighted by molar-refractivity contribution is 0.104. The zero-order chi connectivity index (χ0) is 20.9. The number of hydrogen-bond donors (Lipinski definition) is 0. The number of rotatable bonds is 7. The maximum atomic E-state index is 13.0. The van der Waals surface area contributed by atoms with E-state index in [1.807, 2.05) is 59.3 Å². The normalized spacial score (nSPS) is 11.3. The fourth-order valence-electron chi connectivity index (χ4n) is 2.97. The molecule has 2 nitrogen and oxygen atoms in total. The van der Waals surface area contributed by atoms with Gasteiger partial charge in [0.25, 0.3) is 0 Å². The van der Waals surface area contributed by atoms with Gasteiger partial charge in [-0.2, -0.15) is 0 Å². The standard InChI is InChI=1S/C23H15BF2O2S2/c25-24(26)28-21(17-7-11-19(12-8-17)23-4-2-14-30-23)15-20(27)16-5-9-18(10-6-16)22-3-1-13-29-22/h1-15H/b21-15-. The van der Waals surface area contributed by atoms with Gasteiger partial charge < -0.3 is 4.65 Å². The molecule has 4 rings (SSSR count). The second kappa shape index (κ2) is 9.20. The molecular formula is C23H15BF2O2S2. The van der Waals surface area contributed by atoms with E-state index in [4.69, 9.17) is 0 Å². The third kappa shape index (κ3) is 4.75. The van der Waals surface area contributed by atoms with Gasteiger partial charge >= 0.3 is 7.47 Å². The minimum atomic E-state index is -3.03. The number of ketones is 1. The van der Waals surface area contributed by atoms with Gasteiger partial charge in [-0.1, -0.05) is 60.7 Å². The molecule has 0 bridgehead atoms. The molecule has 2 aromatic carbocycles. The highest BCUT2D eigenvalue weighted by molar-refractivity contribution is 7.13. The van der Waals surface area contributed by atoms with E-state index in [-0.39, 0.29) is 5.76 Å². The summed E-state index contributed by atoms with van der Waals surface area (Å²) in [5, 5.41) is 3.95. The van der Waals surface area contributed by atoms with Gasteiger partial charge in [0, 0.05) is 27.0 Å². The van der Waals surface area contributed by atoms with Crippen LogP contribution in [0.3, 0.4) is 0 Å². The summed E-state index contributed by atoms with van der Waals surface area (Å²) in [6.45, 7) is 0. The summed E-state index contributed by atoms with van der Waals surface area (Å²) in [5.74, 6) is -0.555. The van der Waals surface area contributed by atoms with Crippen LogP contribution in [0.4, 0.5) is 8.63 Å². The summed E-state index contributed by atoms with van der Waals surface area (Å²) in [6, 6.07) is 21.9. The molecule has 0 aliphatic heterocycles. The van der Waals surface area contributed by atoms with Crippen molar-refractivity contribution in [1.82, 2.24) is 0 Å². The van der Waals surface area contributed by atoms with Crippen LogP contribution in [0, 0.1) is 0 Å². The third-order valence-electron chi connectivity index (χ3n) is 4.43. The average molecular weight is 436 g/mol. The Morgan fingerprint density at radius 2 is 1.27 bits per heavy atom. The second-order valence-electron chi connectivity index (χ2n) is 6.36. The molecule has 0 saturated carbocycles. The van der Waals surface area contributed by atoms with Crippen molar-refractivity contribution in [2.24, 2.45) is 0 Å². The number of allylic oxidation sites excluding steroid dienone is 1. The molecule has 30 heavy (non-hydrogen) atoms. The van der Waals surface area contributed by atoms with Crippen molar-refractivity contribution < 1.29 is 18.1 Å². The molecule has 0 aliphatic rings. The molecule has 0 spiro atoms. The first-order valence-electron chi connectivity index (χ1n) is 9.09. The molecule has 0 unspecified atom stereocenters. The van der Waals surface area contributed by atoms with E-state index in [1.54, 1.807) is 46.9 Å². The van der Waals surface area contributed by atoms with Gasteiger partial charge in [-0.3, -0.25) is 4.79 Å². The lowest BCUT2D eigenvalue weighted by Crippen LogP contribution is -2.06. The van der Waals surface area contributed by atoms with E-state index in [0.717, 1.165) is 27.0 Å². The smallest absolute Gasteiger partial charge is 0.505 e. The van der Waals surface area contributed by atoms with Gasteiger partial charge in [-0.05, 0) is 34.0 Å². The molecular weight excluding hydrogens is 421 g/mol. The Hall–Kier alpha value is -3.03. The molecule has 0 radical (unpaired) electrons. The van der Waals surface area contributed by atoms with Gasteiger partial charge in [0.15, 0.2) is 5.78 Å². The van der Waals surface area contributed by atoms with Gasteiger partial charge in [0.2, 0.25) is 0 Å². The predicted octanol–water partition coefficient (Wildman–Crippen LogP) is 7.31. The van der Waals surface area contributed by atoms with Crippen LogP contribution >= 0.6 is 22.7 Å². The molecule has 2 heterocycles. The summed E-state index contributed by atoms with van der Waals surface area (Å²) in [6.07, 6.45) is 1.12. The van der Waals surface area contributed by atoms with Crippen LogP contribution < -0.4 is 0 Å². The minimum absolute atomic E-state index is 0.157. The Bertz CT molecular complexity index is 1140. The van der Waals surface area contributed by atoms with E-state index >= 15 is 0 Å². The SMILES string of the molecule is O=C(/C=C(\OB(F)F)c1ccc(-c2cccs2)cc1)c1ccc(-c2cccs2)cc1. The maximum absolute atomic E-state index is 13.0. The van der Waals surface area contributed by atoms with Crippen molar-refractivity contribution >= 4 is 41.7 Å². The monoisotopic (exact) mass is 436 g/mol. The zero-order valence-electron chi connectivity index (χ0n) is 15.6. The number of hydrogen-bond acceptors (Lipinski definition) is 4. The molecule has 2 aromatic heterocycles. The minimum Gasteiger partial charge on any atom is -0.505 e. The van der Waals surface area contributed by atoms with Crippen molar-refractivity contribution in [2.45, 2.75) is 0 Å².